The number of morpholine rings is 1. The highest BCUT2D eigenvalue weighted by atomic mass is 16.5. The van der Waals surface area contributed by atoms with Gasteiger partial charge in [0.15, 0.2) is 0 Å². The molecule has 19 heavy (non-hydrogen) atoms. The highest BCUT2D eigenvalue weighted by Crippen LogP contribution is 2.20. The molecule has 0 spiro atoms. The molecule has 6 heteroatoms. The molecule has 0 aliphatic carbocycles. The maximum atomic E-state index is 5.95. The van der Waals surface area contributed by atoms with E-state index in [4.69, 9.17) is 15.0 Å². The maximum absolute atomic E-state index is 5.95. The largest absolute Gasteiger partial charge is 0.367 e. The van der Waals surface area contributed by atoms with Gasteiger partial charge in [0.1, 0.15) is 6.10 Å². The fraction of sp³-hybridized carbons (Fsp3) is 0.846. The highest BCUT2D eigenvalue weighted by Gasteiger charge is 2.26. The minimum atomic E-state index is -0.342. The summed E-state index contributed by atoms with van der Waals surface area (Å²) in [6.07, 6.45) is 1.63. The zero-order valence-electron chi connectivity index (χ0n) is 12.1. The molecular weight excluding hydrogens is 244 g/mol. The van der Waals surface area contributed by atoms with E-state index in [0.29, 0.717) is 18.1 Å². The van der Waals surface area contributed by atoms with Crippen LogP contribution in [-0.2, 0) is 11.2 Å². The highest BCUT2D eigenvalue weighted by molar-refractivity contribution is 4.97. The fourth-order valence-electron chi connectivity index (χ4n) is 2.24. The average molecular weight is 268 g/mol. The summed E-state index contributed by atoms with van der Waals surface area (Å²) in [6.45, 7) is 9.68. The van der Waals surface area contributed by atoms with Crippen LogP contribution in [0.15, 0.2) is 4.52 Å². The Labute approximate surface area is 114 Å². The lowest BCUT2D eigenvalue weighted by Crippen LogP contribution is -2.39. The number of nitrogens with two attached hydrogens (primary N) is 1. The van der Waals surface area contributed by atoms with Crippen molar-refractivity contribution in [3.8, 4) is 0 Å². The molecule has 1 fully saturated rings. The summed E-state index contributed by atoms with van der Waals surface area (Å²) < 4.78 is 11.0. The predicted molar refractivity (Wildman–Crippen MR) is 71.7 cm³/mol. The van der Waals surface area contributed by atoms with Gasteiger partial charge in [-0.3, -0.25) is 4.90 Å². The Balaban J connectivity index is 1.98. The maximum Gasteiger partial charge on any atom is 0.228 e. The number of nitrogens with zero attached hydrogens (tertiary/aromatic N) is 3. The van der Waals surface area contributed by atoms with E-state index in [2.05, 4.69) is 22.0 Å². The normalized spacial score (nSPS) is 21.8. The lowest BCUT2D eigenvalue weighted by molar-refractivity contribution is -0.0350. The Bertz CT molecular complexity index is 398. The molecule has 0 saturated carbocycles. The second-order valence-electron chi connectivity index (χ2n) is 5.87. The quantitative estimate of drug-likeness (QED) is 0.862. The van der Waals surface area contributed by atoms with Crippen LogP contribution in [-0.4, -0.2) is 46.8 Å². The number of hydrogen-bond acceptors (Lipinski definition) is 6. The Morgan fingerprint density at radius 2 is 2.26 bits per heavy atom. The molecule has 0 amide bonds. The van der Waals surface area contributed by atoms with Crippen LogP contribution in [0.3, 0.4) is 0 Å². The first-order valence-corrected chi connectivity index (χ1v) is 6.93. The lowest BCUT2D eigenvalue weighted by atomic mass is 10.0. The molecule has 2 heterocycles. The van der Waals surface area contributed by atoms with Gasteiger partial charge in [-0.1, -0.05) is 12.1 Å². The van der Waals surface area contributed by atoms with E-state index in [-0.39, 0.29) is 11.6 Å². The number of ether oxygens (including phenoxy) is 1. The molecule has 1 aromatic rings. The van der Waals surface area contributed by atoms with Crippen molar-refractivity contribution in [1.29, 1.82) is 0 Å². The zero-order chi connectivity index (χ0) is 13.9. The van der Waals surface area contributed by atoms with Crippen LogP contribution in [0.4, 0.5) is 0 Å². The van der Waals surface area contributed by atoms with Gasteiger partial charge in [0.2, 0.25) is 11.7 Å². The molecular formula is C13H24N4O2. The summed E-state index contributed by atoms with van der Waals surface area (Å²) in [5.74, 6) is 1.22. The second kappa shape index (κ2) is 5.98. The molecule has 6 nitrogen and oxygen atoms in total. The molecule has 1 aliphatic rings. The van der Waals surface area contributed by atoms with Gasteiger partial charge < -0.3 is 15.0 Å². The zero-order valence-corrected chi connectivity index (χ0v) is 12.1. The lowest BCUT2D eigenvalue weighted by Gasteiger charge is -2.30. The summed E-state index contributed by atoms with van der Waals surface area (Å²) in [7, 11) is 0. The second-order valence-corrected chi connectivity index (χ2v) is 5.87. The first kappa shape index (κ1) is 14.4. The van der Waals surface area contributed by atoms with Crippen molar-refractivity contribution in [2.24, 2.45) is 5.73 Å². The standard InChI is InChI=1S/C13H24N4O2/c1-4-5-17-6-7-18-10(9-17)12-15-11(19-16-12)8-13(2,3)14/h10H,4-9,14H2,1-3H3. The molecule has 1 atom stereocenters. The van der Waals surface area contributed by atoms with Crippen LogP contribution in [0.25, 0.3) is 0 Å². The minimum Gasteiger partial charge on any atom is -0.367 e. The number of hydrogen-bond donors (Lipinski definition) is 1. The summed E-state index contributed by atoms with van der Waals surface area (Å²) in [4.78, 5) is 6.78. The fourth-order valence-corrected chi connectivity index (χ4v) is 2.24. The van der Waals surface area contributed by atoms with Crippen molar-refractivity contribution in [2.75, 3.05) is 26.2 Å². The number of aromatic nitrogens is 2. The van der Waals surface area contributed by atoms with E-state index in [1.54, 1.807) is 0 Å². The van der Waals surface area contributed by atoms with Gasteiger partial charge in [-0.05, 0) is 26.8 Å². The van der Waals surface area contributed by atoms with Gasteiger partial charge >= 0.3 is 0 Å². The number of rotatable bonds is 5. The molecule has 2 N–H and O–H groups in total. The van der Waals surface area contributed by atoms with Crippen molar-refractivity contribution < 1.29 is 9.26 Å². The Hall–Kier alpha value is -0.980. The summed E-state index contributed by atoms with van der Waals surface area (Å²) >= 11 is 0. The molecule has 2 rings (SSSR count). The molecule has 0 radical (unpaired) electrons. The molecule has 0 bridgehead atoms. The third-order valence-corrected chi connectivity index (χ3v) is 3.07. The van der Waals surface area contributed by atoms with Crippen molar-refractivity contribution >= 4 is 0 Å². The van der Waals surface area contributed by atoms with Crippen molar-refractivity contribution in [1.82, 2.24) is 15.0 Å². The van der Waals surface area contributed by atoms with Crippen LogP contribution >= 0.6 is 0 Å². The van der Waals surface area contributed by atoms with Gasteiger partial charge in [0.05, 0.1) is 6.61 Å². The minimum absolute atomic E-state index is 0.0845. The molecule has 0 aromatic carbocycles. The van der Waals surface area contributed by atoms with Crippen molar-refractivity contribution in [3.05, 3.63) is 11.7 Å². The van der Waals surface area contributed by atoms with Crippen LogP contribution in [0, 0.1) is 0 Å². The first-order valence-electron chi connectivity index (χ1n) is 6.93. The van der Waals surface area contributed by atoms with Gasteiger partial charge in [0, 0.05) is 25.0 Å². The van der Waals surface area contributed by atoms with Crippen LogP contribution in [0.5, 0.6) is 0 Å². The van der Waals surface area contributed by atoms with E-state index in [1.165, 1.54) is 0 Å². The van der Waals surface area contributed by atoms with E-state index in [1.807, 2.05) is 13.8 Å². The van der Waals surface area contributed by atoms with E-state index >= 15 is 0 Å². The summed E-state index contributed by atoms with van der Waals surface area (Å²) in [5, 5.41) is 4.03. The van der Waals surface area contributed by atoms with Crippen LogP contribution in [0.1, 0.15) is 45.0 Å². The summed E-state index contributed by atoms with van der Waals surface area (Å²) in [5.41, 5.74) is 5.61. The van der Waals surface area contributed by atoms with Crippen molar-refractivity contribution in [2.45, 2.75) is 45.3 Å². The molecule has 1 aromatic heterocycles. The molecule has 108 valence electrons. The topological polar surface area (TPSA) is 77.4 Å². The first-order chi connectivity index (χ1) is 8.98. The Kier molecular flexibility index (Phi) is 4.54. The van der Waals surface area contributed by atoms with Gasteiger partial charge in [-0.25, -0.2) is 0 Å². The molecule has 1 unspecified atom stereocenters. The van der Waals surface area contributed by atoms with Crippen molar-refractivity contribution in [3.63, 3.8) is 0 Å². The molecule has 1 aliphatic heterocycles. The predicted octanol–water partition coefficient (Wildman–Crippen LogP) is 1.13. The summed E-state index contributed by atoms with van der Waals surface area (Å²) in [6, 6.07) is 0. The average Bonchev–Trinajstić information content (AvgIpc) is 2.76. The van der Waals surface area contributed by atoms with Gasteiger partial charge in [0.25, 0.3) is 0 Å². The monoisotopic (exact) mass is 268 g/mol. The Morgan fingerprint density at radius 1 is 1.47 bits per heavy atom. The molecule has 1 saturated heterocycles. The third kappa shape index (κ3) is 4.26. The van der Waals surface area contributed by atoms with Crippen LogP contribution in [0.2, 0.25) is 0 Å². The smallest absolute Gasteiger partial charge is 0.228 e. The van der Waals surface area contributed by atoms with Crippen LogP contribution < -0.4 is 5.73 Å². The SMILES string of the molecule is CCCN1CCOC(c2noc(CC(C)(C)N)n2)C1. The van der Waals surface area contributed by atoms with E-state index < -0.39 is 0 Å². The third-order valence-electron chi connectivity index (χ3n) is 3.07. The van der Waals surface area contributed by atoms with E-state index in [0.717, 1.165) is 32.7 Å². The Morgan fingerprint density at radius 3 is 2.95 bits per heavy atom. The van der Waals surface area contributed by atoms with E-state index in [9.17, 15) is 0 Å². The van der Waals surface area contributed by atoms with Gasteiger partial charge in [-0.15, -0.1) is 0 Å². The van der Waals surface area contributed by atoms with Gasteiger partial charge in [-0.2, -0.15) is 4.98 Å².